The van der Waals surface area contributed by atoms with Crippen LogP contribution < -0.4 is 11.1 Å². The van der Waals surface area contributed by atoms with Crippen molar-refractivity contribution in [3.8, 4) is 11.1 Å². The summed E-state index contributed by atoms with van der Waals surface area (Å²) in [6.45, 7) is 2.11. The van der Waals surface area contributed by atoms with E-state index in [-0.39, 0.29) is 11.8 Å². The van der Waals surface area contributed by atoms with Crippen molar-refractivity contribution in [3.05, 3.63) is 54.1 Å². The van der Waals surface area contributed by atoms with Crippen molar-refractivity contribution in [3.63, 3.8) is 0 Å². The maximum atomic E-state index is 12.3. The lowest BCUT2D eigenvalue weighted by atomic mass is 10.0. The molecule has 130 valence electrons. The van der Waals surface area contributed by atoms with Crippen LogP contribution in [0.1, 0.15) is 29.6 Å². The minimum absolute atomic E-state index is 0.0986. The molecule has 3 rings (SSSR count). The number of nitrogens with two attached hydrogens (primary N) is 1. The highest BCUT2D eigenvalue weighted by Gasteiger charge is 2.19. The van der Waals surface area contributed by atoms with Gasteiger partial charge in [0.15, 0.2) is 0 Å². The number of carbonyl (C=O) groups excluding carboxylic acids is 2. The number of carbonyl (C=O) groups is 2. The summed E-state index contributed by atoms with van der Waals surface area (Å²) >= 11 is 0. The molecule has 1 fully saturated rings. The molecule has 1 saturated heterocycles. The zero-order valence-corrected chi connectivity index (χ0v) is 14.2. The fraction of sp³-hybridized carbons (Fsp3) is 0.300. The lowest BCUT2D eigenvalue weighted by Gasteiger charge is -2.15. The minimum atomic E-state index is -0.0986. The molecule has 0 unspecified atom stereocenters. The molecule has 5 nitrogen and oxygen atoms in total. The molecule has 0 spiro atoms. The zero-order chi connectivity index (χ0) is 17.6. The van der Waals surface area contributed by atoms with Gasteiger partial charge in [-0.3, -0.25) is 9.59 Å². The fourth-order valence-corrected chi connectivity index (χ4v) is 3.07. The van der Waals surface area contributed by atoms with Crippen molar-refractivity contribution >= 4 is 17.5 Å². The van der Waals surface area contributed by atoms with E-state index < -0.39 is 0 Å². The van der Waals surface area contributed by atoms with Crippen molar-refractivity contribution in [2.45, 2.75) is 19.3 Å². The van der Waals surface area contributed by atoms with Gasteiger partial charge in [0, 0.05) is 37.3 Å². The van der Waals surface area contributed by atoms with Gasteiger partial charge in [-0.15, -0.1) is 0 Å². The van der Waals surface area contributed by atoms with Gasteiger partial charge in [-0.25, -0.2) is 0 Å². The second-order valence-corrected chi connectivity index (χ2v) is 6.30. The fourth-order valence-electron chi connectivity index (χ4n) is 3.07. The van der Waals surface area contributed by atoms with E-state index in [0.29, 0.717) is 30.8 Å². The first-order valence-electron chi connectivity index (χ1n) is 8.65. The summed E-state index contributed by atoms with van der Waals surface area (Å²) in [5, 5.41) is 2.93. The van der Waals surface area contributed by atoms with Crippen LogP contribution in [0.3, 0.4) is 0 Å². The third-order valence-electron chi connectivity index (χ3n) is 4.41. The Hall–Kier alpha value is -2.82. The van der Waals surface area contributed by atoms with Crippen LogP contribution in [0.4, 0.5) is 5.69 Å². The van der Waals surface area contributed by atoms with E-state index in [1.54, 1.807) is 6.07 Å². The second-order valence-electron chi connectivity index (χ2n) is 6.30. The van der Waals surface area contributed by atoms with Crippen LogP contribution in [0.2, 0.25) is 0 Å². The average Bonchev–Trinajstić information content (AvgIpc) is 3.03. The second kappa shape index (κ2) is 7.83. The quantitative estimate of drug-likeness (QED) is 0.628. The third-order valence-corrected chi connectivity index (χ3v) is 4.41. The summed E-state index contributed by atoms with van der Waals surface area (Å²) in [7, 11) is 0. The first-order chi connectivity index (χ1) is 12.1. The molecule has 1 heterocycles. The summed E-state index contributed by atoms with van der Waals surface area (Å²) in [4.78, 5) is 25.8. The molecule has 3 N–H and O–H groups in total. The van der Waals surface area contributed by atoms with Gasteiger partial charge in [-0.2, -0.15) is 0 Å². The molecule has 0 radical (unpaired) electrons. The predicted octanol–water partition coefficient (Wildman–Crippen LogP) is 2.68. The van der Waals surface area contributed by atoms with Crippen LogP contribution in [0.25, 0.3) is 11.1 Å². The third kappa shape index (κ3) is 4.38. The summed E-state index contributed by atoms with van der Waals surface area (Å²) < 4.78 is 0. The maximum absolute atomic E-state index is 12.3. The molecule has 2 aromatic carbocycles. The average molecular weight is 337 g/mol. The van der Waals surface area contributed by atoms with Crippen molar-refractivity contribution in [1.82, 2.24) is 10.2 Å². The largest absolute Gasteiger partial charge is 0.399 e. The Labute approximate surface area is 147 Å². The minimum Gasteiger partial charge on any atom is -0.399 e. The number of nitrogens with zero attached hydrogens (tertiary/aromatic N) is 1. The number of hydrogen-bond acceptors (Lipinski definition) is 3. The Morgan fingerprint density at radius 2 is 1.88 bits per heavy atom. The van der Waals surface area contributed by atoms with E-state index in [1.807, 2.05) is 47.4 Å². The van der Waals surface area contributed by atoms with Crippen molar-refractivity contribution in [2.24, 2.45) is 0 Å². The summed E-state index contributed by atoms with van der Waals surface area (Å²) in [5.41, 5.74) is 9.10. The molecule has 0 aliphatic carbocycles. The number of anilines is 1. The van der Waals surface area contributed by atoms with E-state index in [1.165, 1.54) is 0 Å². The number of rotatable bonds is 6. The standard InChI is InChI=1S/C20H23N3O2/c21-18-8-2-6-16(14-18)15-5-1-7-17(13-15)20(25)22-10-4-12-23-11-3-9-19(23)24/h1-2,5-8,13-14H,3-4,9-12,21H2,(H,22,25). The number of amides is 2. The number of nitrogen functional groups attached to an aromatic ring is 1. The highest BCUT2D eigenvalue weighted by molar-refractivity contribution is 5.95. The molecular weight excluding hydrogens is 314 g/mol. The molecule has 0 saturated carbocycles. The molecule has 0 aromatic heterocycles. The van der Waals surface area contributed by atoms with E-state index >= 15 is 0 Å². The van der Waals surface area contributed by atoms with Gasteiger partial charge in [-0.05, 0) is 48.2 Å². The molecule has 5 heteroatoms. The Balaban J connectivity index is 1.55. The predicted molar refractivity (Wildman–Crippen MR) is 99.1 cm³/mol. The molecule has 0 atom stereocenters. The molecule has 25 heavy (non-hydrogen) atoms. The van der Waals surface area contributed by atoms with E-state index in [2.05, 4.69) is 5.32 Å². The van der Waals surface area contributed by atoms with Gasteiger partial charge in [0.2, 0.25) is 5.91 Å². The van der Waals surface area contributed by atoms with Crippen molar-refractivity contribution < 1.29 is 9.59 Å². The highest BCUT2D eigenvalue weighted by atomic mass is 16.2. The molecule has 1 aliphatic heterocycles. The van der Waals surface area contributed by atoms with Crippen LogP contribution in [0.5, 0.6) is 0 Å². The van der Waals surface area contributed by atoms with Crippen LogP contribution in [0.15, 0.2) is 48.5 Å². The number of likely N-dealkylation sites (tertiary alicyclic amines) is 1. The zero-order valence-electron chi connectivity index (χ0n) is 14.2. The smallest absolute Gasteiger partial charge is 0.251 e. The molecule has 0 bridgehead atoms. The first kappa shape index (κ1) is 17.0. The Morgan fingerprint density at radius 3 is 2.60 bits per heavy atom. The SMILES string of the molecule is Nc1cccc(-c2cccc(C(=O)NCCCN3CCCC3=O)c2)c1. The molecular formula is C20H23N3O2. The first-order valence-corrected chi connectivity index (χ1v) is 8.65. The Morgan fingerprint density at radius 1 is 1.12 bits per heavy atom. The molecule has 2 aromatic rings. The van der Waals surface area contributed by atoms with E-state index in [9.17, 15) is 9.59 Å². The highest BCUT2D eigenvalue weighted by Crippen LogP contribution is 2.22. The molecule has 1 aliphatic rings. The summed E-state index contributed by atoms with van der Waals surface area (Å²) in [5.74, 6) is 0.125. The maximum Gasteiger partial charge on any atom is 0.251 e. The van der Waals surface area contributed by atoms with Gasteiger partial charge in [-0.1, -0.05) is 24.3 Å². The monoisotopic (exact) mass is 337 g/mol. The summed E-state index contributed by atoms with van der Waals surface area (Å²) in [6, 6.07) is 15.1. The lowest BCUT2D eigenvalue weighted by molar-refractivity contribution is -0.127. The molecule has 2 amide bonds. The topological polar surface area (TPSA) is 75.4 Å². The Kier molecular flexibility index (Phi) is 5.33. The van der Waals surface area contributed by atoms with Gasteiger partial charge in [0.05, 0.1) is 0 Å². The summed E-state index contributed by atoms with van der Waals surface area (Å²) in [6.07, 6.45) is 2.37. The van der Waals surface area contributed by atoms with Crippen molar-refractivity contribution in [1.29, 1.82) is 0 Å². The number of nitrogens with one attached hydrogen (secondary N) is 1. The normalized spacial score (nSPS) is 13.9. The van der Waals surface area contributed by atoms with Crippen LogP contribution in [-0.4, -0.2) is 36.3 Å². The number of benzene rings is 2. The van der Waals surface area contributed by atoms with Gasteiger partial charge in [0.1, 0.15) is 0 Å². The van der Waals surface area contributed by atoms with E-state index in [0.717, 1.165) is 30.5 Å². The van der Waals surface area contributed by atoms with Crippen LogP contribution >= 0.6 is 0 Å². The number of hydrogen-bond donors (Lipinski definition) is 2. The van der Waals surface area contributed by atoms with Gasteiger partial charge < -0.3 is 16.0 Å². The lowest BCUT2D eigenvalue weighted by Crippen LogP contribution is -2.30. The van der Waals surface area contributed by atoms with E-state index in [4.69, 9.17) is 5.73 Å². The van der Waals surface area contributed by atoms with Gasteiger partial charge in [0.25, 0.3) is 5.91 Å². The van der Waals surface area contributed by atoms with Crippen LogP contribution in [-0.2, 0) is 4.79 Å². The Bertz CT molecular complexity index is 773. The van der Waals surface area contributed by atoms with Crippen LogP contribution in [0, 0.1) is 0 Å². The van der Waals surface area contributed by atoms with Crippen molar-refractivity contribution in [2.75, 3.05) is 25.4 Å². The van der Waals surface area contributed by atoms with Gasteiger partial charge >= 0.3 is 0 Å².